The van der Waals surface area contributed by atoms with Crippen molar-refractivity contribution in [2.24, 2.45) is 0 Å². The van der Waals surface area contributed by atoms with Crippen LogP contribution in [0.25, 0.3) is 17.1 Å². The molecule has 3 aromatic heterocycles. The number of rotatable bonds is 6. The van der Waals surface area contributed by atoms with Gasteiger partial charge in [0.05, 0.1) is 6.54 Å². The molecule has 0 N–H and O–H groups in total. The Morgan fingerprint density at radius 3 is 2.50 bits per heavy atom. The van der Waals surface area contributed by atoms with Crippen LogP contribution in [0.15, 0.2) is 72.4 Å². The van der Waals surface area contributed by atoms with E-state index in [2.05, 4.69) is 20.3 Å². The van der Waals surface area contributed by atoms with Gasteiger partial charge in [0.25, 0.3) is 0 Å². The molecule has 0 aliphatic carbocycles. The highest BCUT2D eigenvalue weighted by Gasteiger charge is 2.16. The van der Waals surface area contributed by atoms with Gasteiger partial charge in [-0.2, -0.15) is 5.10 Å². The number of hydrogen-bond acceptors (Lipinski definition) is 5. The number of pyridine rings is 1. The molecule has 0 radical (unpaired) electrons. The van der Waals surface area contributed by atoms with Crippen molar-refractivity contribution in [3.63, 3.8) is 0 Å². The topological polar surface area (TPSA) is 61.4 Å². The SMILES string of the molecule is Clc1ccc(-n2c(SCCn3cccn3)nnc2-c2ccncc2)cc1. The van der Waals surface area contributed by atoms with E-state index in [9.17, 15) is 0 Å². The maximum atomic E-state index is 6.05. The maximum absolute atomic E-state index is 6.05. The Bertz CT molecular complexity index is 967. The minimum absolute atomic E-state index is 0.695. The fourth-order valence-corrected chi connectivity index (χ4v) is 3.54. The van der Waals surface area contributed by atoms with E-state index >= 15 is 0 Å². The molecule has 0 atom stereocenters. The summed E-state index contributed by atoms with van der Waals surface area (Å²) >= 11 is 7.69. The quantitative estimate of drug-likeness (QED) is 0.472. The smallest absolute Gasteiger partial charge is 0.196 e. The molecule has 26 heavy (non-hydrogen) atoms. The standard InChI is InChI=1S/C18H15ClN6S/c19-15-2-4-16(5-3-15)25-17(14-6-9-20-10-7-14)22-23-18(25)26-13-12-24-11-1-8-21-24/h1-11H,12-13H2. The predicted molar refractivity (Wildman–Crippen MR) is 103 cm³/mol. The summed E-state index contributed by atoms with van der Waals surface area (Å²) in [6.07, 6.45) is 7.23. The summed E-state index contributed by atoms with van der Waals surface area (Å²) in [4.78, 5) is 4.08. The second-order valence-electron chi connectivity index (χ2n) is 5.47. The first-order valence-electron chi connectivity index (χ1n) is 8.03. The summed E-state index contributed by atoms with van der Waals surface area (Å²) in [6.45, 7) is 0.801. The van der Waals surface area contributed by atoms with Crippen molar-refractivity contribution in [1.29, 1.82) is 0 Å². The first-order chi connectivity index (χ1) is 12.8. The molecule has 3 heterocycles. The molecule has 0 amide bonds. The molecule has 130 valence electrons. The Hall–Kier alpha value is -2.64. The first-order valence-corrected chi connectivity index (χ1v) is 9.39. The van der Waals surface area contributed by atoms with E-state index in [4.69, 9.17) is 11.6 Å². The van der Waals surface area contributed by atoms with Crippen LogP contribution in [0.5, 0.6) is 0 Å². The van der Waals surface area contributed by atoms with Crippen LogP contribution >= 0.6 is 23.4 Å². The number of benzene rings is 1. The Kier molecular flexibility index (Phi) is 4.99. The molecule has 0 unspecified atom stereocenters. The van der Waals surface area contributed by atoms with Gasteiger partial charge in [-0.25, -0.2) is 0 Å². The third-order valence-electron chi connectivity index (χ3n) is 3.77. The second-order valence-corrected chi connectivity index (χ2v) is 6.97. The van der Waals surface area contributed by atoms with Crippen LogP contribution in [0, 0.1) is 0 Å². The number of thioether (sulfide) groups is 1. The van der Waals surface area contributed by atoms with Crippen LogP contribution in [0.2, 0.25) is 5.02 Å². The Labute approximate surface area is 159 Å². The molecule has 0 aliphatic rings. The van der Waals surface area contributed by atoms with Crippen molar-refractivity contribution in [1.82, 2.24) is 29.5 Å². The minimum atomic E-state index is 0.695. The maximum Gasteiger partial charge on any atom is 0.196 e. The van der Waals surface area contributed by atoms with E-state index in [1.165, 1.54) is 0 Å². The number of nitrogens with zero attached hydrogens (tertiary/aromatic N) is 6. The van der Waals surface area contributed by atoms with Crippen molar-refractivity contribution in [2.75, 3.05) is 5.75 Å². The predicted octanol–water partition coefficient (Wildman–Crippen LogP) is 3.97. The number of halogens is 1. The van der Waals surface area contributed by atoms with E-state index in [1.54, 1.807) is 30.4 Å². The van der Waals surface area contributed by atoms with Gasteiger partial charge in [-0.05, 0) is 42.5 Å². The van der Waals surface area contributed by atoms with Crippen molar-refractivity contribution < 1.29 is 0 Å². The van der Waals surface area contributed by atoms with Gasteiger partial charge in [-0.1, -0.05) is 23.4 Å². The van der Waals surface area contributed by atoms with Gasteiger partial charge in [0, 0.05) is 46.8 Å². The fraction of sp³-hybridized carbons (Fsp3) is 0.111. The van der Waals surface area contributed by atoms with Crippen LogP contribution in [0.4, 0.5) is 0 Å². The van der Waals surface area contributed by atoms with Gasteiger partial charge in [0.2, 0.25) is 0 Å². The molecule has 0 saturated carbocycles. The number of aromatic nitrogens is 6. The molecule has 0 bridgehead atoms. The van der Waals surface area contributed by atoms with Gasteiger partial charge in [0.1, 0.15) is 0 Å². The minimum Gasteiger partial charge on any atom is -0.272 e. The lowest BCUT2D eigenvalue weighted by Gasteiger charge is -2.10. The van der Waals surface area contributed by atoms with E-state index in [1.807, 2.05) is 57.9 Å². The van der Waals surface area contributed by atoms with E-state index in [-0.39, 0.29) is 0 Å². The Morgan fingerprint density at radius 1 is 0.962 bits per heavy atom. The van der Waals surface area contributed by atoms with Crippen LogP contribution in [-0.2, 0) is 6.54 Å². The second kappa shape index (κ2) is 7.72. The summed E-state index contributed by atoms with van der Waals surface area (Å²) in [5.41, 5.74) is 1.93. The average molecular weight is 383 g/mol. The average Bonchev–Trinajstić information content (AvgIpc) is 3.33. The highest BCUT2D eigenvalue weighted by Crippen LogP contribution is 2.28. The van der Waals surface area contributed by atoms with Gasteiger partial charge in [-0.3, -0.25) is 14.2 Å². The van der Waals surface area contributed by atoms with Crippen molar-refractivity contribution in [2.45, 2.75) is 11.7 Å². The zero-order valence-electron chi connectivity index (χ0n) is 13.7. The molecular formula is C18H15ClN6S. The van der Waals surface area contributed by atoms with Gasteiger partial charge in [0.15, 0.2) is 11.0 Å². The molecule has 4 aromatic rings. The highest BCUT2D eigenvalue weighted by molar-refractivity contribution is 7.99. The fourth-order valence-electron chi connectivity index (χ4n) is 2.54. The molecule has 8 heteroatoms. The summed E-state index contributed by atoms with van der Waals surface area (Å²) in [5.74, 6) is 1.61. The summed E-state index contributed by atoms with van der Waals surface area (Å²) in [7, 11) is 0. The monoisotopic (exact) mass is 382 g/mol. The van der Waals surface area contributed by atoms with Crippen LogP contribution in [0.1, 0.15) is 0 Å². The molecule has 0 saturated heterocycles. The lowest BCUT2D eigenvalue weighted by Crippen LogP contribution is -2.03. The molecule has 0 aliphatic heterocycles. The van der Waals surface area contributed by atoms with Crippen LogP contribution < -0.4 is 0 Å². The normalized spacial score (nSPS) is 11.0. The number of hydrogen-bond donors (Lipinski definition) is 0. The molecule has 0 fully saturated rings. The highest BCUT2D eigenvalue weighted by atomic mass is 35.5. The van der Waals surface area contributed by atoms with Crippen molar-refractivity contribution in [3.8, 4) is 17.1 Å². The first kappa shape index (κ1) is 16.8. The van der Waals surface area contributed by atoms with Gasteiger partial charge >= 0.3 is 0 Å². The summed E-state index contributed by atoms with van der Waals surface area (Å²) < 4.78 is 3.94. The van der Waals surface area contributed by atoms with Crippen molar-refractivity contribution >= 4 is 23.4 Å². The Balaban J connectivity index is 1.67. The van der Waals surface area contributed by atoms with E-state index in [0.717, 1.165) is 34.5 Å². The van der Waals surface area contributed by atoms with Gasteiger partial charge in [-0.15, -0.1) is 10.2 Å². The molecule has 4 rings (SSSR count). The third kappa shape index (κ3) is 3.63. The zero-order chi connectivity index (χ0) is 17.8. The molecule has 1 aromatic carbocycles. The Morgan fingerprint density at radius 2 is 1.77 bits per heavy atom. The van der Waals surface area contributed by atoms with Crippen LogP contribution in [0.3, 0.4) is 0 Å². The summed E-state index contributed by atoms with van der Waals surface area (Å²) in [5, 5.41) is 14.6. The molecule has 6 nitrogen and oxygen atoms in total. The number of aryl methyl sites for hydroxylation is 1. The largest absolute Gasteiger partial charge is 0.272 e. The van der Waals surface area contributed by atoms with Crippen LogP contribution in [-0.4, -0.2) is 35.3 Å². The zero-order valence-corrected chi connectivity index (χ0v) is 15.3. The van der Waals surface area contributed by atoms with Gasteiger partial charge < -0.3 is 0 Å². The lowest BCUT2D eigenvalue weighted by atomic mass is 10.2. The third-order valence-corrected chi connectivity index (χ3v) is 4.93. The lowest BCUT2D eigenvalue weighted by molar-refractivity contribution is 0.665. The van der Waals surface area contributed by atoms with Crippen molar-refractivity contribution in [3.05, 3.63) is 72.3 Å². The summed E-state index contributed by atoms with van der Waals surface area (Å²) in [6, 6.07) is 13.4. The molecule has 0 spiro atoms. The van der Waals surface area contributed by atoms with E-state index in [0.29, 0.717) is 5.02 Å². The van der Waals surface area contributed by atoms with E-state index < -0.39 is 0 Å². The molecular weight excluding hydrogens is 368 g/mol.